The van der Waals surface area contributed by atoms with Gasteiger partial charge in [-0.3, -0.25) is 4.79 Å². The molecule has 3 N–H and O–H groups in total. The number of rotatable bonds is 8. The number of amides is 1. The third-order valence-corrected chi connectivity index (χ3v) is 5.97. The van der Waals surface area contributed by atoms with E-state index in [1.54, 1.807) is 30.5 Å². The third-order valence-electron chi connectivity index (χ3n) is 5.17. The molecule has 0 aliphatic rings. The molecule has 4 aromatic carbocycles. The minimum absolute atomic E-state index is 0.371. The van der Waals surface area contributed by atoms with Crippen LogP contribution in [0.3, 0.4) is 0 Å². The van der Waals surface area contributed by atoms with Crippen LogP contribution in [0.5, 0.6) is 11.5 Å². The molecule has 34 heavy (non-hydrogen) atoms. The van der Waals surface area contributed by atoms with Gasteiger partial charge in [-0.15, -0.1) is 0 Å². The van der Waals surface area contributed by atoms with E-state index in [0.29, 0.717) is 36.0 Å². The molecular formula is C27H24IN3O3. The number of halogens is 1. The highest BCUT2D eigenvalue weighted by Gasteiger charge is 2.13. The van der Waals surface area contributed by atoms with Gasteiger partial charge in [0.2, 0.25) is 0 Å². The number of anilines is 1. The summed E-state index contributed by atoms with van der Waals surface area (Å²) >= 11 is 2.22. The number of nitrogens with zero attached hydrogens (tertiary/aromatic N) is 1. The number of carbonyl (C=O) groups is 1. The van der Waals surface area contributed by atoms with Crippen molar-refractivity contribution in [1.29, 1.82) is 0 Å². The van der Waals surface area contributed by atoms with Crippen LogP contribution in [-0.4, -0.2) is 18.7 Å². The van der Waals surface area contributed by atoms with Crippen molar-refractivity contribution >= 4 is 51.2 Å². The first-order chi connectivity index (χ1) is 16.6. The minimum Gasteiger partial charge on any atom is -0.490 e. The van der Waals surface area contributed by atoms with Crippen LogP contribution in [-0.2, 0) is 6.61 Å². The van der Waals surface area contributed by atoms with Gasteiger partial charge >= 0.3 is 0 Å². The highest BCUT2D eigenvalue weighted by molar-refractivity contribution is 14.1. The van der Waals surface area contributed by atoms with E-state index in [4.69, 9.17) is 15.2 Å². The predicted octanol–water partition coefficient (Wildman–Crippen LogP) is 5.77. The number of carbonyl (C=O) groups excluding carboxylic acids is 1. The number of hydrogen-bond donors (Lipinski definition) is 2. The van der Waals surface area contributed by atoms with E-state index in [-0.39, 0.29) is 5.91 Å². The lowest BCUT2D eigenvalue weighted by Gasteiger charge is -2.15. The Morgan fingerprint density at radius 2 is 1.79 bits per heavy atom. The zero-order valence-electron chi connectivity index (χ0n) is 18.6. The summed E-state index contributed by atoms with van der Waals surface area (Å²) in [6.07, 6.45) is 1.57. The molecule has 0 heterocycles. The zero-order valence-corrected chi connectivity index (χ0v) is 20.8. The highest BCUT2D eigenvalue weighted by Crippen LogP contribution is 2.35. The lowest BCUT2D eigenvalue weighted by Crippen LogP contribution is -2.19. The normalized spacial score (nSPS) is 11.0. The number of hydrogen-bond acceptors (Lipinski definition) is 5. The Morgan fingerprint density at radius 3 is 2.62 bits per heavy atom. The molecule has 0 unspecified atom stereocenters. The van der Waals surface area contributed by atoms with Crippen LogP contribution in [0.25, 0.3) is 10.8 Å². The average Bonchev–Trinajstić information content (AvgIpc) is 2.84. The van der Waals surface area contributed by atoms with Crippen LogP contribution in [0.4, 0.5) is 5.69 Å². The SMILES string of the molecule is CCOc1cc(/C=N/NC(=O)c2ccccc2N)cc(I)c1OCc1cccc2ccccc12. The molecule has 4 aromatic rings. The molecule has 4 rings (SSSR count). The van der Waals surface area contributed by atoms with Gasteiger partial charge in [0, 0.05) is 5.69 Å². The van der Waals surface area contributed by atoms with Crippen molar-refractivity contribution in [3.63, 3.8) is 0 Å². The lowest BCUT2D eigenvalue weighted by molar-refractivity contribution is 0.0956. The van der Waals surface area contributed by atoms with Gasteiger partial charge in [0.15, 0.2) is 11.5 Å². The molecule has 0 atom stereocenters. The second-order valence-corrected chi connectivity index (χ2v) is 8.64. The Balaban J connectivity index is 1.51. The highest BCUT2D eigenvalue weighted by atomic mass is 127. The fraction of sp³-hybridized carbons (Fsp3) is 0.111. The second kappa shape index (κ2) is 11.0. The molecular weight excluding hydrogens is 541 g/mol. The van der Waals surface area contributed by atoms with Crippen molar-refractivity contribution in [2.45, 2.75) is 13.5 Å². The van der Waals surface area contributed by atoms with Crippen LogP contribution >= 0.6 is 22.6 Å². The smallest absolute Gasteiger partial charge is 0.273 e. The number of nitrogen functional groups attached to an aromatic ring is 1. The maximum atomic E-state index is 12.3. The Hall–Kier alpha value is -3.59. The van der Waals surface area contributed by atoms with Crippen LogP contribution in [0.1, 0.15) is 28.4 Å². The summed E-state index contributed by atoms with van der Waals surface area (Å²) in [7, 11) is 0. The van der Waals surface area contributed by atoms with Gasteiger partial charge in [0.05, 0.1) is 22.0 Å². The van der Waals surface area contributed by atoms with Crippen molar-refractivity contribution in [3.05, 3.63) is 99.1 Å². The molecule has 0 saturated carbocycles. The molecule has 0 bridgehead atoms. The quantitative estimate of drug-likeness (QED) is 0.123. The van der Waals surface area contributed by atoms with Crippen molar-refractivity contribution in [2.24, 2.45) is 5.10 Å². The number of para-hydroxylation sites is 1. The molecule has 0 saturated heterocycles. The summed E-state index contributed by atoms with van der Waals surface area (Å²) in [5.74, 6) is 0.924. The molecule has 0 aliphatic heterocycles. The van der Waals surface area contributed by atoms with Crippen molar-refractivity contribution < 1.29 is 14.3 Å². The lowest BCUT2D eigenvalue weighted by atomic mass is 10.1. The first-order valence-corrected chi connectivity index (χ1v) is 11.9. The number of ether oxygens (including phenoxy) is 2. The molecule has 0 aromatic heterocycles. The summed E-state index contributed by atoms with van der Waals surface area (Å²) < 4.78 is 13.0. The number of nitrogens with one attached hydrogen (secondary N) is 1. The predicted molar refractivity (Wildman–Crippen MR) is 145 cm³/mol. The van der Waals surface area contributed by atoms with E-state index >= 15 is 0 Å². The molecule has 0 fully saturated rings. The Labute approximate surface area is 211 Å². The topological polar surface area (TPSA) is 85.9 Å². The number of hydrazone groups is 1. The third kappa shape index (κ3) is 5.48. The van der Waals surface area contributed by atoms with Crippen molar-refractivity contribution in [3.8, 4) is 11.5 Å². The van der Waals surface area contributed by atoms with Crippen molar-refractivity contribution in [2.75, 3.05) is 12.3 Å². The Kier molecular flexibility index (Phi) is 7.64. The summed E-state index contributed by atoms with van der Waals surface area (Å²) in [6.45, 7) is 2.83. The molecule has 172 valence electrons. The van der Waals surface area contributed by atoms with Gasteiger partial charge in [0.25, 0.3) is 5.91 Å². The average molecular weight is 565 g/mol. The van der Waals surface area contributed by atoms with E-state index in [1.165, 1.54) is 5.39 Å². The van der Waals surface area contributed by atoms with E-state index in [0.717, 1.165) is 20.1 Å². The summed E-state index contributed by atoms with van der Waals surface area (Å²) in [5.41, 5.74) is 11.0. The van der Waals surface area contributed by atoms with Crippen LogP contribution in [0.15, 0.2) is 84.0 Å². The maximum Gasteiger partial charge on any atom is 0.273 e. The summed E-state index contributed by atoms with van der Waals surface area (Å²) in [6, 6.07) is 25.1. The minimum atomic E-state index is -0.371. The molecule has 0 aliphatic carbocycles. The maximum absolute atomic E-state index is 12.3. The zero-order chi connectivity index (χ0) is 23.9. The van der Waals surface area contributed by atoms with Crippen LogP contribution in [0.2, 0.25) is 0 Å². The largest absolute Gasteiger partial charge is 0.490 e. The first kappa shape index (κ1) is 23.6. The molecule has 7 heteroatoms. The number of nitrogens with two attached hydrogens (primary N) is 1. The summed E-state index contributed by atoms with van der Waals surface area (Å²) in [4.78, 5) is 12.3. The standard InChI is InChI=1S/C27H24IN3O3/c1-2-33-25-15-18(16-30-31-27(32)22-12-5-6-13-24(22)29)14-23(28)26(25)34-17-20-10-7-9-19-8-3-4-11-21(19)20/h3-16H,2,17,29H2,1H3,(H,31,32)/b30-16+. The Bertz CT molecular complexity index is 1350. The van der Waals surface area contributed by atoms with Gasteiger partial charge in [-0.05, 0) is 75.7 Å². The van der Waals surface area contributed by atoms with E-state index < -0.39 is 0 Å². The van der Waals surface area contributed by atoms with Crippen LogP contribution < -0.4 is 20.6 Å². The first-order valence-electron chi connectivity index (χ1n) is 10.8. The number of benzene rings is 4. The molecule has 0 spiro atoms. The second-order valence-electron chi connectivity index (χ2n) is 7.48. The van der Waals surface area contributed by atoms with Gasteiger partial charge in [0.1, 0.15) is 6.61 Å². The van der Waals surface area contributed by atoms with Crippen molar-refractivity contribution in [1.82, 2.24) is 5.43 Å². The molecule has 6 nitrogen and oxygen atoms in total. The summed E-state index contributed by atoms with van der Waals surface area (Å²) in [5, 5.41) is 6.42. The van der Waals surface area contributed by atoms with Crippen LogP contribution in [0, 0.1) is 3.57 Å². The van der Waals surface area contributed by atoms with Gasteiger partial charge in [-0.25, -0.2) is 5.43 Å². The van der Waals surface area contributed by atoms with E-state index in [2.05, 4.69) is 57.4 Å². The van der Waals surface area contributed by atoms with Gasteiger partial charge in [-0.1, -0.05) is 54.6 Å². The van der Waals surface area contributed by atoms with E-state index in [9.17, 15) is 4.79 Å². The molecule has 0 radical (unpaired) electrons. The fourth-order valence-electron chi connectivity index (χ4n) is 3.56. The fourth-order valence-corrected chi connectivity index (χ4v) is 4.34. The number of fused-ring (bicyclic) bond motifs is 1. The monoisotopic (exact) mass is 565 g/mol. The van der Waals surface area contributed by atoms with E-state index in [1.807, 2.05) is 37.3 Å². The van der Waals surface area contributed by atoms with Gasteiger partial charge in [-0.2, -0.15) is 5.10 Å². The molecule has 1 amide bonds. The van der Waals surface area contributed by atoms with Gasteiger partial charge < -0.3 is 15.2 Å². The Morgan fingerprint density at radius 1 is 1.03 bits per heavy atom.